The number of hydrogen-bond acceptors (Lipinski definition) is 6. The zero-order valence-corrected chi connectivity index (χ0v) is 17.3. The van der Waals surface area contributed by atoms with E-state index >= 15 is 0 Å². The van der Waals surface area contributed by atoms with Gasteiger partial charge in [0, 0.05) is 32.2 Å². The summed E-state index contributed by atoms with van der Waals surface area (Å²) in [5, 5.41) is 6.19. The third-order valence-electron chi connectivity index (χ3n) is 5.60. The average Bonchev–Trinajstić information content (AvgIpc) is 3.21. The van der Waals surface area contributed by atoms with E-state index in [0.717, 1.165) is 36.5 Å². The van der Waals surface area contributed by atoms with Gasteiger partial charge in [0.05, 0.1) is 12.8 Å². The van der Waals surface area contributed by atoms with Gasteiger partial charge in [-0.2, -0.15) is 9.50 Å². The molecular formula is C23H24N6O2. The summed E-state index contributed by atoms with van der Waals surface area (Å²) in [6.07, 6.45) is 1.01. The Bertz CT molecular complexity index is 1260. The van der Waals surface area contributed by atoms with Crippen molar-refractivity contribution in [3.8, 4) is 5.75 Å². The number of aromatic amines is 1. The number of hydrogen-bond donors (Lipinski definition) is 2. The van der Waals surface area contributed by atoms with Crippen molar-refractivity contribution < 1.29 is 4.74 Å². The Morgan fingerprint density at radius 2 is 1.90 bits per heavy atom. The molecule has 158 valence electrons. The molecule has 2 N–H and O–H groups in total. The van der Waals surface area contributed by atoms with Crippen molar-refractivity contribution in [3.63, 3.8) is 0 Å². The van der Waals surface area contributed by atoms with E-state index < -0.39 is 0 Å². The fourth-order valence-corrected chi connectivity index (χ4v) is 3.93. The van der Waals surface area contributed by atoms with Gasteiger partial charge in [0.2, 0.25) is 5.95 Å². The summed E-state index contributed by atoms with van der Waals surface area (Å²) in [4.78, 5) is 24.0. The Morgan fingerprint density at radius 3 is 2.71 bits per heavy atom. The van der Waals surface area contributed by atoms with Crippen molar-refractivity contribution in [2.45, 2.75) is 26.1 Å². The maximum Gasteiger partial charge on any atom is 0.274 e. The molecule has 2 aromatic heterocycles. The van der Waals surface area contributed by atoms with Crippen LogP contribution in [0.1, 0.15) is 22.4 Å². The molecule has 0 saturated heterocycles. The third kappa shape index (κ3) is 4.15. The molecule has 4 aromatic rings. The van der Waals surface area contributed by atoms with Crippen LogP contribution in [0.25, 0.3) is 5.78 Å². The molecular weight excluding hydrogens is 392 g/mol. The Labute approximate surface area is 179 Å². The zero-order chi connectivity index (χ0) is 21.2. The number of ether oxygens (including phenoxy) is 1. The lowest BCUT2D eigenvalue weighted by Gasteiger charge is -2.28. The topological polar surface area (TPSA) is 87.5 Å². The van der Waals surface area contributed by atoms with E-state index in [-0.39, 0.29) is 5.56 Å². The molecule has 3 heterocycles. The quantitative estimate of drug-likeness (QED) is 0.502. The van der Waals surface area contributed by atoms with Crippen molar-refractivity contribution in [1.82, 2.24) is 24.5 Å². The summed E-state index contributed by atoms with van der Waals surface area (Å²) in [5.74, 6) is 1.69. The van der Waals surface area contributed by atoms with Crippen LogP contribution in [0.15, 0.2) is 59.4 Å². The normalized spacial score (nSPS) is 13.8. The van der Waals surface area contributed by atoms with E-state index in [1.165, 1.54) is 15.6 Å². The Balaban J connectivity index is 1.29. The van der Waals surface area contributed by atoms with E-state index in [4.69, 9.17) is 4.74 Å². The number of benzene rings is 2. The summed E-state index contributed by atoms with van der Waals surface area (Å²) >= 11 is 0. The molecule has 0 saturated carbocycles. The molecule has 1 aliphatic rings. The molecule has 0 unspecified atom stereocenters. The average molecular weight is 416 g/mol. The molecule has 0 amide bonds. The fraction of sp³-hybridized carbons (Fsp3) is 0.261. The van der Waals surface area contributed by atoms with Gasteiger partial charge in [0.1, 0.15) is 5.75 Å². The third-order valence-corrected chi connectivity index (χ3v) is 5.60. The number of rotatable bonds is 6. The van der Waals surface area contributed by atoms with Gasteiger partial charge in [-0.15, -0.1) is 0 Å². The van der Waals surface area contributed by atoms with E-state index in [1.54, 1.807) is 13.2 Å². The Kier molecular flexibility index (Phi) is 5.13. The monoisotopic (exact) mass is 416 g/mol. The first-order valence-electron chi connectivity index (χ1n) is 10.3. The predicted molar refractivity (Wildman–Crippen MR) is 118 cm³/mol. The second-order valence-electron chi connectivity index (χ2n) is 7.72. The number of fused-ring (bicyclic) bond motifs is 2. The van der Waals surface area contributed by atoms with Gasteiger partial charge in [-0.25, -0.2) is 4.98 Å². The number of nitrogens with zero attached hydrogens (tertiary/aromatic N) is 4. The molecule has 0 fully saturated rings. The molecule has 0 atom stereocenters. The molecule has 5 rings (SSSR count). The highest BCUT2D eigenvalue weighted by molar-refractivity contribution is 5.38. The van der Waals surface area contributed by atoms with Crippen LogP contribution in [0.2, 0.25) is 0 Å². The summed E-state index contributed by atoms with van der Waals surface area (Å²) in [7, 11) is 1.64. The molecule has 0 aliphatic carbocycles. The zero-order valence-electron chi connectivity index (χ0n) is 17.3. The highest BCUT2D eigenvalue weighted by Crippen LogP contribution is 2.19. The number of methoxy groups -OCH3 is 1. The van der Waals surface area contributed by atoms with Gasteiger partial charge in [-0.05, 0) is 35.2 Å². The molecule has 8 nitrogen and oxygen atoms in total. The van der Waals surface area contributed by atoms with Crippen LogP contribution in [0.5, 0.6) is 5.75 Å². The molecule has 0 spiro atoms. The van der Waals surface area contributed by atoms with Crippen LogP contribution in [0, 0.1) is 0 Å². The smallest absolute Gasteiger partial charge is 0.274 e. The van der Waals surface area contributed by atoms with Crippen LogP contribution < -0.4 is 15.6 Å². The van der Waals surface area contributed by atoms with Crippen molar-refractivity contribution in [3.05, 3.63) is 87.3 Å². The van der Waals surface area contributed by atoms with Gasteiger partial charge in [0.15, 0.2) is 0 Å². The van der Waals surface area contributed by atoms with Crippen molar-refractivity contribution in [1.29, 1.82) is 0 Å². The van der Waals surface area contributed by atoms with Crippen molar-refractivity contribution in [2.24, 2.45) is 0 Å². The number of H-pyrrole nitrogens is 1. The predicted octanol–water partition coefficient (Wildman–Crippen LogP) is 2.60. The van der Waals surface area contributed by atoms with Crippen LogP contribution in [0.3, 0.4) is 0 Å². The summed E-state index contributed by atoms with van der Waals surface area (Å²) in [5.41, 5.74) is 4.39. The second-order valence-corrected chi connectivity index (χ2v) is 7.72. The van der Waals surface area contributed by atoms with E-state index in [0.29, 0.717) is 24.8 Å². The van der Waals surface area contributed by atoms with E-state index in [9.17, 15) is 4.79 Å². The Hall–Kier alpha value is -3.65. The van der Waals surface area contributed by atoms with E-state index in [2.05, 4.69) is 49.5 Å². The highest BCUT2D eigenvalue weighted by atomic mass is 16.5. The highest BCUT2D eigenvalue weighted by Gasteiger charge is 2.17. The van der Waals surface area contributed by atoms with E-state index in [1.807, 2.05) is 24.3 Å². The summed E-state index contributed by atoms with van der Waals surface area (Å²) in [6.45, 7) is 3.01. The minimum atomic E-state index is -0.164. The van der Waals surface area contributed by atoms with Crippen molar-refractivity contribution >= 4 is 11.7 Å². The maximum absolute atomic E-state index is 12.6. The fourth-order valence-electron chi connectivity index (χ4n) is 3.93. The lowest BCUT2D eigenvalue weighted by atomic mass is 10.00. The molecule has 2 aromatic carbocycles. The number of anilines is 1. The first kappa shape index (κ1) is 19.3. The second kappa shape index (κ2) is 8.23. The van der Waals surface area contributed by atoms with Gasteiger partial charge in [-0.1, -0.05) is 36.4 Å². The Morgan fingerprint density at radius 1 is 1.10 bits per heavy atom. The molecule has 1 aliphatic heterocycles. The molecule has 31 heavy (non-hydrogen) atoms. The number of nitrogens with one attached hydrogen (secondary N) is 2. The molecule has 8 heteroatoms. The molecule has 0 radical (unpaired) electrons. The minimum Gasteiger partial charge on any atom is -0.497 e. The molecule has 0 bridgehead atoms. The summed E-state index contributed by atoms with van der Waals surface area (Å²) in [6, 6.07) is 17.9. The van der Waals surface area contributed by atoms with Crippen LogP contribution in [-0.2, 0) is 26.1 Å². The first-order chi connectivity index (χ1) is 15.2. The van der Waals surface area contributed by atoms with Crippen LogP contribution >= 0.6 is 0 Å². The minimum absolute atomic E-state index is 0.164. The van der Waals surface area contributed by atoms with Gasteiger partial charge in [0.25, 0.3) is 11.3 Å². The largest absolute Gasteiger partial charge is 0.497 e. The summed E-state index contributed by atoms with van der Waals surface area (Å²) < 4.78 is 6.55. The maximum atomic E-state index is 12.6. The van der Waals surface area contributed by atoms with Crippen LogP contribution in [0.4, 0.5) is 5.95 Å². The SMILES string of the molecule is COc1ccc(CNc2nc3nc(CN4CCc5ccccc5C4)cc(=O)n3[nH]2)cc1. The van der Waals surface area contributed by atoms with Crippen molar-refractivity contribution in [2.75, 3.05) is 19.0 Å². The standard InChI is InChI=1S/C23H24N6O2/c1-31-20-8-6-16(7-9-20)13-24-22-26-23-25-19(12-21(30)29(23)27-22)15-28-11-10-17-4-2-3-5-18(17)14-28/h2-9,12H,10-11,13-15H2,1H3,(H2,24,25,26,27). The van der Waals surface area contributed by atoms with Crippen LogP contribution in [-0.4, -0.2) is 38.1 Å². The van der Waals surface area contributed by atoms with Gasteiger partial charge >= 0.3 is 0 Å². The first-order valence-corrected chi connectivity index (χ1v) is 10.3. The van der Waals surface area contributed by atoms with Gasteiger partial charge < -0.3 is 10.1 Å². The van der Waals surface area contributed by atoms with Gasteiger partial charge in [-0.3, -0.25) is 14.8 Å². The lowest BCUT2D eigenvalue weighted by molar-refractivity contribution is 0.242. The number of aromatic nitrogens is 4. The lowest BCUT2D eigenvalue weighted by Crippen LogP contribution is -2.31.